The third-order valence-corrected chi connectivity index (χ3v) is 12.2. The first kappa shape index (κ1) is 27.3. The Morgan fingerprint density at radius 3 is 1.62 bits per heavy atom. The molecule has 0 amide bonds. The molecule has 0 aliphatic heterocycles. The topological polar surface area (TPSA) is 3.24 Å². The van der Waals surface area contributed by atoms with Gasteiger partial charge in [-0.1, -0.05) is 115 Å². The van der Waals surface area contributed by atoms with Crippen molar-refractivity contribution in [1.29, 1.82) is 0 Å². The number of rotatable bonds is 5. The summed E-state index contributed by atoms with van der Waals surface area (Å²) in [5, 5.41) is 0. The highest BCUT2D eigenvalue weighted by Gasteiger charge is 2.61. The van der Waals surface area contributed by atoms with Crippen molar-refractivity contribution in [3.8, 4) is 33.4 Å². The fraction of sp³-hybridized carbons (Fsp3) is 0.217. The first-order chi connectivity index (χ1) is 23.3. The van der Waals surface area contributed by atoms with E-state index < -0.39 is 0 Å². The molecule has 0 heterocycles. The largest absolute Gasteiger partial charge is 0.310 e. The molecule has 1 spiro atoms. The molecule has 4 fully saturated rings. The van der Waals surface area contributed by atoms with Crippen molar-refractivity contribution in [2.24, 2.45) is 23.7 Å². The minimum Gasteiger partial charge on any atom is -0.310 e. The molecular formula is C46H39N. The maximum Gasteiger partial charge on any atom is 0.0467 e. The van der Waals surface area contributed by atoms with Crippen LogP contribution in [0.25, 0.3) is 33.4 Å². The van der Waals surface area contributed by atoms with Crippen LogP contribution in [-0.2, 0) is 5.41 Å². The van der Waals surface area contributed by atoms with Gasteiger partial charge in [-0.25, -0.2) is 0 Å². The molecule has 0 atom stereocenters. The molecule has 5 aliphatic rings. The summed E-state index contributed by atoms with van der Waals surface area (Å²) < 4.78 is 0. The van der Waals surface area contributed by atoms with Gasteiger partial charge in [0.15, 0.2) is 0 Å². The summed E-state index contributed by atoms with van der Waals surface area (Å²) in [6.45, 7) is 0. The second-order valence-electron chi connectivity index (χ2n) is 14.6. The van der Waals surface area contributed by atoms with E-state index in [1.165, 1.54) is 82.5 Å². The Balaban J connectivity index is 1.15. The van der Waals surface area contributed by atoms with Gasteiger partial charge < -0.3 is 4.90 Å². The monoisotopic (exact) mass is 605 g/mol. The van der Waals surface area contributed by atoms with E-state index in [2.05, 4.69) is 157 Å². The summed E-state index contributed by atoms with van der Waals surface area (Å²) in [7, 11) is 0. The average Bonchev–Trinajstić information content (AvgIpc) is 3.42. The third kappa shape index (κ3) is 4.15. The number of hydrogen-bond acceptors (Lipinski definition) is 1. The van der Waals surface area contributed by atoms with Crippen molar-refractivity contribution < 1.29 is 0 Å². The predicted octanol–water partition coefficient (Wildman–Crippen LogP) is 12.2. The summed E-state index contributed by atoms with van der Waals surface area (Å²) in [6.07, 6.45) is 7.06. The Labute approximate surface area is 278 Å². The van der Waals surface area contributed by atoms with Crippen LogP contribution in [0.5, 0.6) is 0 Å². The molecule has 0 N–H and O–H groups in total. The summed E-state index contributed by atoms with van der Waals surface area (Å²) in [6, 6.07) is 56.6. The quantitative estimate of drug-likeness (QED) is 0.189. The van der Waals surface area contributed by atoms with E-state index in [1.54, 1.807) is 11.1 Å². The van der Waals surface area contributed by atoms with Crippen molar-refractivity contribution in [3.63, 3.8) is 0 Å². The molecule has 1 nitrogen and oxygen atoms in total. The van der Waals surface area contributed by atoms with Crippen molar-refractivity contribution in [2.45, 2.75) is 37.5 Å². The van der Waals surface area contributed by atoms with Crippen molar-refractivity contribution in [3.05, 3.63) is 163 Å². The van der Waals surface area contributed by atoms with Crippen molar-refractivity contribution in [1.82, 2.24) is 0 Å². The molecule has 11 rings (SSSR count). The predicted molar refractivity (Wildman–Crippen MR) is 195 cm³/mol. The second-order valence-corrected chi connectivity index (χ2v) is 14.6. The summed E-state index contributed by atoms with van der Waals surface area (Å²) in [5.41, 5.74) is 14.9. The zero-order chi connectivity index (χ0) is 31.0. The molecule has 1 heteroatoms. The van der Waals surface area contributed by atoms with Gasteiger partial charge in [0.25, 0.3) is 0 Å². The van der Waals surface area contributed by atoms with E-state index in [-0.39, 0.29) is 5.41 Å². The molecule has 6 aromatic carbocycles. The lowest BCUT2D eigenvalue weighted by Crippen LogP contribution is -2.55. The minimum absolute atomic E-state index is 0.143. The van der Waals surface area contributed by atoms with Crippen LogP contribution in [0.1, 0.15) is 43.2 Å². The third-order valence-electron chi connectivity index (χ3n) is 12.2. The first-order valence-electron chi connectivity index (χ1n) is 17.6. The highest BCUT2D eigenvalue weighted by atomic mass is 15.1. The fourth-order valence-corrected chi connectivity index (χ4v) is 10.6. The normalized spacial score (nSPS) is 24.7. The molecule has 228 valence electrons. The molecule has 4 saturated carbocycles. The second kappa shape index (κ2) is 10.6. The molecule has 4 bridgehead atoms. The van der Waals surface area contributed by atoms with Crippen molar-refractivity contribution >= 4 is 17.1 Å². The molecule has 47 heavy (non-hydrogen) atoms. The van der Waals surface area contributed by atoms with Gasteiger partial charge in [0.05, 0.1) is 0 Å². The standard InChI is InChI=1S/C46H39N/c1-3-10-33(11-4-1)35-18-20-39(21-19-35)47(40-15-9-14-36(29-40)34-12-5-2-6-13-34)41-22-23-43-42-16-7-8-17-44(42)46(45(43)30-41)37-25-31-24-32(27-37)28-38(46)26-31/h1-23,29-32,37-38H,24-28H2. The Morgan fingerprint density at radius 2 is 0.915 bits per heavy atom. The van der Waals surface area contributed by atoms with E-state index in [0.717, 1.165) is 23.7 Å². The number of fused-ring (bicyclic) bond motifs is 3. The van der Waals surface area contributed by atoms with Gasteiger partial charge in [-0.2, -0.15) is 0 Å². The van der Waals surface area contributed by atoms with Gasteiger partial charge >= 0.3 is 0 Å². The van der Waals surface area contributed by atoms with Gasteiger partial charge in [0.1, 0.15) is 0 Å². The van der Waals surface area contributed by atoms with Gasteiger partial charge in [0.2, 0.25) is 0 Å². The smallest absolute Gasteiger partial charge is 0.0467 e. The van der Waals surface area contributed by atoms with Gasteiger partial charge in [-0.3, -0.25) is 0 Å². The van der Waals surface area contributed by atoms with Gasteiger partial charge in [0, 0.05) is 22.5 Å². The maximum atomic E-state index is 2.61. The SMILES string of the molecule is c1ccc(-c2ccc(N(c3cccc(-c4ccccc4)c3)c3ccc4c(c3)C3(c5ccccc5-4)C4CC5CC(C4)CC3C5)cc2)cc1. The van der Waals surface area contributed by atoms with Crippen molar-refractivity contribution in [2.75, 3.05) is 4.90 Å². The Kier molecular flexibility index (Phi) is 6.13. The van der Waals surface area contributed by atoms with Crippen LogP contribution in [0.2, 0.25) is 0 Å². The van der Waals surface area contributed by atoms with Crippen LogP contribution < -0.4 is 4.90 Å². The van der Waals surface area contributed by atoms with Crippen LogP contribution in [0.15, 0.2) is 152 Å². The number of hydrogen-bond donors (Lipinski definition) is 0. The lowest BCUT2D eigenvalue weighted by Gasteiger charge is -2.61. The molecule has 0 aromatic heterocycles. The lowest BCUT2D eigenvalue weighted by atomic mass is 9.43. The zero-order valence-electron chi connectivity index (χ0n) is 26.7. The Bertz CT molecular complexity index is 2060. The molecule has 5 aliphatic carbocycles. The molecule has 0 radical (unpaired) electrons. The van der Waals surface area contributed by atoms with Crippen LogP contribution in [-0.4, -0.2) is 0 Å². The molecule has 0 unspecified atom stereocenters. The molecule has 6 aromatic rings. The van der Waals surface area contributed by atoms with Crippen LogP contribution in [0.3, 0.4) is 0 Å². The molecule has 0 saturated heterocycles. The number of benzene rings is 6. The zero-order valence-corrected chi connectivity index (χ0v) is 26.7. The van der Waals surface area contributed by atoms with Gasteiger partial charge in [-0.15, -0.1) is 0 Å². The van der Waals surface area contributed by atoms with E-state index in [1.807, 2.05) is 0 Å². The summed E-state index contributed by atoms with van der Waals surface area (Å²) >= 11 is 0. The van der Waals surface area contributed by atoms with Crippen LogP contribution in [0, 0.1) is 23.7 Å². The van der Waals surface area contributed by atoms with E-state index >= 15 is 0 Å². The van der Waals surface area contributed by atoms with Crippen LogP contribution >= 0.6 is 0 Å². The van der Waals surface area contributed by atoms with E-state index in [4.69, 9.17) is 0 Å². The first-order valence-corrected chi connectivity index (χ1v) is 17.6. The van der Waals surface area contributed by atoms with Gasteiger partial charge in [-0.05, 0) is 137 Å². The Hall–Kier alpha value is -4.88. The number of nitrogens with zero attached hydrogens (tertiary/aromatic N) is 1. The highest BCUT2D eigenvalue weighted by molar-refractivity contribution is 5.87. The molecular weight excluding hydrogens is 567 g/mol. The lowest BCUT2D eigenvalue weighted by molar-refractivity contribution is -0.0399. The summed E-state index contributed by atoms with van der Waals surface area (Å²) in [5.74, 6) is 3.36. The highest BCUT2D eigenvalue weighted by Crippen LogP contribution is 2.69. The van der Waals surface area contributed by atoms with E-state index in [0.29, 0.717) is 0 Å². The minimum atomic E-state index is 0.143. The average molecular weight is 606 g/mol. The fourth-order valence-electron chi connectivity index (χ4n) is 10.6. The summed E-state index contributed by atoms with van der Waals surface area (Å²) in [4.78, 5) is 2.49. The Morgan fingerprint density at radius 1 is 0.383 bits per heavy atom. The number of anilines is 3. The van der Waals surface area contributed by atoms with Crippen LogP contribution in [0.4, 0.5) is 17.1 Å². The maximum absolute atomic E-state index is 2.61. The van der Waals surface area contributed by atoms with E-state index in [9.17, 15) is 0 Å².